The number of hydrogen-bond donors (Lipinski definition) is 1. The SMILES string of the molecule is CC1(C)CCC([C@H](C(=O)N2C[C@H](Cl)[C@H]3OCC(=O)[C@H]32)c2c(C(N)=O)cccc2-n2cccn2)CC1. The van der Waals surface area contributed by atoms with Crippen molar-refractivity contribution < 1.29 is 19.1 Å². The van der Waals surface area contributed by atoms with Crippen molar-refractivity contribution in [1.29, 1.82) is 0 Å². The second-order valence-electron chi connectivity index (χ2n) is 10.7. The number of benzene rings is 1. The normalized spacial score (nSPS) is 27.1. The molecule has 1 aromatic heterocycles. The predicted molar refractivity (Wildman–Crippen MR) is 130 cm³/mol. The van der Waals surface area contributed by atoms with Crippen LogP contribution in [0.1, 0.15) is 61.4 Å². The summed E-state index contributed by atoms with van der Waals surface area (Å²) in [5.74, 6) is -1.61. The monoisotopic (exact) mass is 498 g/mol. The second kappa shape index (κ2) is 9.06. The van der Waals surface area contributed by atoms with Crippen molar-refractivity contribution in [2.24, 2.45) is 17.1 Å². The minimum atomic E-state index is -0.693. The summed E-state index contributed by atoms with van der Waals surface area (Å²) in [7, 11) is 0. The number of hydrogen-bond acceptors (Lipinski definition) is 5. The quantitative estimate of drug-likeness (QED) is 0.637. The number of ketones is 1. The van der Waals surface area contributed by atoms with Gasteiger partial charge >= 0.3 is 0 Å². The molecule has 0 bridgehead atoms. The summed E-state index contributed by atoms with van der Waals surface area (Å²) in [6, 6.07) is 6.36. The highest BCUT2D eigenvalue weighted by Crippen LogP contribution is 2.47. The standard InChI is InChI=1S/C26H31ClN4O4/c1-26(2)9-7-15(8-10-26)20(25(34)30-13-17(27)23-22(30)19(32)14-35-23)21-16(24(28)33)5-3-6-18(21)31-12-4-11-29-31/h3-6,11-12,15,17,20,22-23H,7-10,13-14H2,1-2H3,(H2,28,33)/t17-,20-,22+,23+/m0/s1. The van der Waals surface area contributed by atoms with Gasteiger partial charge in [-0.3, -0.25) is 14.4 Å². The van der Waals surface area contributed by atoms with E-state index in [4.69, 9.17) is 22.1 Å². The Morgan fingerprint density at radius 1 is 1.23 bits per heavy atom. The lowest BCUT2D eigenvalue weighted by atomic mass is 9.67. The minimum absolute atomic E-state index is 0.0180. The van der Waals surface area contributed by atoms with Crippen LogP contribution in [0.15, 0.2) is 36.7 Å². The third-order valence-corrected chi connectivity index (χ3v) is 8.32. The molecule has 1 aliphatic carbocycles. The molecule has 3 fully saturated rings. The number of aromatic nitrogens is 2. The van der Waals surface area contributed by atoms with Crippen LogP contribution >= 0.6 is 11.6 Å². The number of likely N-dealkylation sites (tertiary alicyclic amines) is 1. The molecule has 2 saturated heterocycles. The van der Waals surface area contributed by atoms with Gasteiger partial charge in [0.15, 0.2) is 5.78 Å². The molecule has 2 amide bonds. The fourth-order valence-electron chi connectivity index (χ4n) is 6.02. The Hall–Kier alpha value is -2.71. The maximum atomic E-state index is 14.4. The van der Waals surface area contributed by atoms with Crippen molar-refractivity contribution in [3.63, 3.8) is 0 Å². The van der Waals surface area contributed by atoms with Crippen LogP contribution in [0.25, 0.3) is 5.69 Å². The van der Waals surface area contributed by atoms with Crippen LogP contribution in [0.4, 0.5) is 0 Å². The average Bonchev–Trinajstić information content (AvgIpc) is 3.55. The molecule has 2 N–H and O–H groups in total. The van der Waals surface area contributed by atoms with Gasteiger partial charge in [-0.2, -0.15) is 5.10 Å². The molecule has 35 heavy (non-hydrogen) atoms. The molecule has 0 radical (unpaired) electrons. The zero-order valence-corrected chi connectivity index (χ0v) is 20.8. The molecular weight excluding hydrogens is 468 g/mol. The van der Waals surface area contributed by atoms with Crippen molar-refractivity contribution in [3.8, 4) is 5.69 Å². The highest BCUT2D eigenvalue weighted by Gasteiger charge is 2.54. The van der Waals surface area contributed by atoms with E-state index in [9.17, 15) is 14.4 Å². The number of carbonyl (C=O) groups is 3. The first kappa shape index (κ1) is 24.0. The number of fused-ring (bicyclic) bond motifs is 1. The van der Waals surface area contributed by atoms with E-state index in [1.165, 1.54) is 0 Å². The Morgan fingerprint density at radius 2 is 1.97 bits per heavy atom. The van der Waals surface area contributed by atoms with Gasteiger partial charge in [0.1, 0.15) is 18.8 Å². The molecule has 3 heterocycles. The lowest BCUT2D eigenvalue weighted by molar-refractivity contribution is -0.139. The molecular formula is C26H31ClN4O4. The molecule has 1 saturated carbocycles. The highest BCUT2D eigenvalue weighted by atomic mass is 35.5. The van der Waals surface area contributed by atoms with Crippen LogP contribution in [0.2, 0.25) is 0 Å². The van der Waals surface area contributed by atoms with E-state index < -0.39 is 29.3 Å². The molecule has 3 aliphatic rings. The highest BCUT2D eigenvalue weighted by molar-refractivity contribution is 6.22. The summed E-state index contributed by atoms with van der Waals surface area (Å²) in [5, 5.41) is 3.92. The number of carbonyl (C=O) groups excluding carboxylic acids is 3. The van der Waals surface area contributed by atoms with E-state index in [1.54, 1.807) is 40.2 Å². The first-order chi connectivity index (χ1) is 16.7. The van der Waals surface area contributed by atoms with Crippen molar-refractivity contribution in [3.05, 3.63) is 47.8 Å². The van der Waals surface area contributed by atoms with E-state index in [1.807, 2.05) is 6.07 Å². The van der Waals surface area contributed by atoms with Gasteiger partial charge in [0, 0.05) is 30.1 Å². The van der Waals surface area contributed by atoms with Crippen LogP contribution in [0, 0.1) is 11.3 Å². The van der Waals surface area contributed by atoms with Crippen LogP contribution < -0.4 is 5.73 Å². The second-order valence-corrected chi connectivity index (χ2v) is 11.3. The minimum Gasteiger partial charge on any atom is -0.366 e. The van der Waals surface area contributed by atoms with Gasteiger partial charge in [0.05, 0.1) is 17.0 Å². The van der Waals surface area contributed by atoms with Gasteiger partial charge in [0.25, 0.3) is 0 Å². The smallest absolute Gasteiger partial charge is 0.249 e. The topological polar surface area (TPSA) is 108 Å². The largest absolute Gasteiger partial charge is 0.366 e. The number of nitrogens with two attached hydrogens (primary N) is 1. The molecule has 5 rings (SSSR count). The van der Waals surface area contributed by atoms with Crippen LogP contribution in [0.3, 0.4) is 0 Å². The van der Waals surface area contributed by atoms with Crippen molar-refractivity contribution >= 4 is 29.2 Å². The Labute approximate surface area is 209 Å². The van der Waals surface area contributed by atoms with E-state index in [0.717, 1.165) is 25.7 Å². The van der Waals surface area contributed by atoms with E-state index in [0.29, 0.717) is 16.8 Å². The number of Topliss-reactive ketones (excluding diaryl/α,β-unsaturated/α-hetero) is 1. The Bertz CT molecular complexity index is 1140. The predicted octanol–water partition coefficient (Wildman–Crippen LogP) is 3.06. The number of nitrogens with zero attached hydrogens (tertiary/aromatic N) is 3. The summed E-state index contributed by atoms with van der Waals surface area (Å²) in [6.45, 7) is 4.67. The molecule has 186 valence electrons. The molecule has 9 heteroatoms. The summed E-state index contributed by atoms with van der Waals surface area (Å²) < 4.78 is 7.28. The van der Waals surface area contributed by atoms with E-state index in [2.05, 4.69) is 18.9 Å². The number of alkyl halides is 1. The Kier molecular flexibility index (Phi) is 6.21. The Balaban J connectivity index is 1.64. The van der Waals surface area contributed by atoms with Crippen LogP contribution in [0.5, 0.6) is 0 Å². The van der Waals surface area contributed by atoms with E-state index in [-0.39, 0.29) is 36.2 Å². The van der Waals surface area contributed by atoms with Crippen molar-refractivity contribution in [2.45, 2.75) is 63.0 Å². The zero-order valence-electron chi connectivity index (χ0n) is 20.0. The zero-order chi connectivity index (χ0) is 24.9. The third-order valence-electron chi connectivity index (χ3n) is 7.94. The van der Waals surface area contributed by atoms with Gasteiger partial charge in [-0.15, -0.1) is 11.6 Å². The molecule has 0 unspecified atom stereocenters. The summed E-state index contributed by atoms with van der Waals surface area (Å²) in [6.07, 6.45) is 6.50. The number of primary amides is 1. The Morgan fingerprint density at radius 3 is 2.63 bits per heavy atom. The lowest BCUT2D eigenvalue weighted by Gasteiger charge is -2.40. The molecule has 2 aromatic rings. The fraction of sp³-hybridized carbons (Fsp3) is 0.538. The summed E-state index contributed by atoms with van der Waals surface area (Å²) >= 11 is 6.53. The maximum Gasteiger partial charge on any atom is 0.249 e. The molecule has 8 nitrogen and oxygen atoms in total. The van der Waals surface area contributed by atoms with Gasteiger partial charge in [-0.1, -0.05) is 19.9 Å². The number of ether oxygens (including phenoxy) is 1. The fourth-order valence-corrected chi connectivity index (χ4v) is 6.38. The first-order valence-electron chi connectivity index (χ1n) is 12.2. The van der Waals surface area contributed by atoms with Crippen LogP contribution in [-0.4, -0.2) is 63.0 Å². The summed E-state index contributed by atoms with van der Waals surface area (Å²) in [4.78, 5) is 41.3. The van der Waals surface area contributed by atoms with E-state index >= 15 is 0 Å². The van der Waals surface area contributed by atoms with Gasteiger partial charge in [-0.05, 0) is 55.2 Å². The number of halogens is 1. The maximum absolute atomic E-state index is 14.4. The van der Waals surface area contributed by atoms with Gasteiger partial charge in [-0.25, -0.2) is 4.68 Å². The molecule has 0 spiro atoms. The molecule has 4 atom stereocenters. The van der Waals surface area contributed by atoms with Gasteiger partial charge in [0.2, 0.25) is 11.8 Å². The number of rotatable bonds is 5. The third kappa shape index (κ3) is 4.27. The average molecular weight is 499 g/mol. The summed E-state index contributed by atoms with van der Waals surface area (Å²) in [5.41, 5.74) is 7.54. The van der Waals surface area contributed by atoms with Gasteiger partial charge < -0.3 is 15.4 Å². The van der Waals surface area contributed by atoms with Crippen molar-refractivity contribution in [1.82, 2.24) is 14.7 Å². The van der Waals surface area contributed by atoms with Crippen LogP contribution in [-0.2, 0) is 14.3 Å². The first-order valence-corrected chi connectivity index (χ1v) is 12.6. The lowest BCUT2D eigenvalue weighted by Crippen LogP contribution is -2.46. The van der Waals surface area contributed by atoms with Crippen molar-refractivity contribution in [2.75, 3.05) is 13.2 Å². The molecule has 2 aliphatic heterocycles. The molecule has 1 aromatic carbocycles. The number of amides is 2.